The summed E-state index contributed by atoms with van der Waals surface area (Å²) in [6.07, 6.45) is 1.52. The fourth-order valence-corrected chi connectivity index (χ4v) is 1.10. The van der Waals surface area contributed by atoms with Crippen molar-refractivity contribution in [3.63, 3.8) is 0 Å². The van der Waals surface area contributed by atoms with Crippen LogP contribution in [0.3, 0.4) is 0 Å². The highest BCUT2D eigenvalue weighted by atomic mass is 16.9. The van der Waals surface area contributed by atoms with E-state index in [1.54, 1.807) is 26.4 Å². The molecule has 20 heavy (non-hydrogen) atoms. The molecule has 1 aromatic carbocycles. The summed E-state index contributed by atoms with van der Waals surface area (Å²) in [6.45, 7) is 0. The maximum absolute atomic E-state index is 8.47. The molecule has 10 nitrogen and oxygen atoms in total. The molecule has 0 unspecified atom stereocenters. The number of guanidine groups is 1. The van der Waals surface area contributed by atoms with E-state index in [0.717, 1.165) is 5.56 Å². The van der Waals surface area contributed by atoms with Gasteiger partial charge in [0.15, 0.2) is 11.5 Å². The monoisotopic (exact) mass is 286 g/mol. The van der Waals surface area contributed by atoms with Crippen molar-refractivity contribution >= 4 is 12.2 Å². The first kappa shape index (κ1) is 17.0. The van der Waals surface area contributed by atoms with Crippen molar-refractivity contribution in [1.29, 1.82) is 0 Å². The van der Waals surface area contributed by atoms with Crippen molar-refractivity contribution in [2.45, 2.75) is 0 Å². The normalized spacial score (nSPS) is 9.30. The van der Waals surface area contributed by atoms with Crippen LogP contribution in [-0.2, 0) is 0 Å². The van der Waals surface area contributed by atoms with Crippen LogP contribution < -0.4 is 20.9 Å². The number of nitrogens with two attached hydrogens (primary N) is 2. The third kappa shape index (κ3) is 7.32. The van der Waals surface area contributed by atoms with E-state index in [-0.39, 0.29) is 5.96 Å². The molecule has 10 heteroatoms. The topological polar surface area (TPSA) is 156 Å². The number of benzene rings is 1. The zero-order chi connectivity index (χ0) is 15.5. The highest BCUT2D eigenvalue weighted by Crippen LogP contribution is 2.26. The molecule has 0 aliphatic rings. The Morgan fingerprint density at radius 3 is 2.25 bits per heavy atom. The molecule has 0 spiro atoms. The molecule has 6 N–H and O–H groups in total. The van der Waals surface area contributed by atoms with Crippen LogP contribution in [0.15, 0.2) is 28.4 Å². The summed E-state index contributed by atoms with van der Waals surface area (Å²) in [5.41, 5.74) is 11.1. The molecule has 0 aliphatic heterocycles. The molecule has 0 heterocycles. The van der Waals surface area contributed by atoms with Crippen molar-refractivity contribution in [3.8, 4) is 11.5 Å². The lowest BCUT2D eigenvalue weighted by molar-refractivity contribution is -0.969. The minimum Gasteiger partial charge on any atom is -0.493 e. The molecule has 0 radical (unpaired) electrons. The first-order valence-electron chi connectivity index (χ1n) is 5.09. The Kier molecular flexibility index (Phi) is 7.60. The van der Waals surface area contributed by atoms with E-state index in [2.05, 4.69) is 10.2 Å². The van der Waals surface area contributed by atoms with Crippen LogP contribution >= 0.6 is 0 Å². The number of hydrogen-bond donors (Lipinski definition) is 4. The SMILES string of the molecule is COc1ccc(/C=N/N=C(N)N)cc1OC.O=[N+](O)O. The predicted octanol–water partition coefficient (Wildman–Crippen LogP) is -0.145. The molecule has 0 bridgehead atoms. The van der Waals surface area contributed by atoms with Crippen LogP contribution in [0.5, 0.6) is 11.5 Å². The molecule has 110 valence electrons. The second kappa shape index (κ2) is 8.97. The van der Waals surface area contributed by atoms with Gasteiger partial charge in [-0.15, -0.1) is 5.10 Å². The van der Waals surface area contributed by atoms with Crippen molar-refractivity contribution in [2.75, 3.05) is 14.2 Å². The van der Waals surface area contributed by atoms with E-state index < -0.39 is 5.09 Å². The lowest BCUT2D eigenvalue weighted by atomic mass is 10.2. The Morgan fingerprint density at radius 2 is 1.80 bits per heavy atom. The summed E-state index contributed by atoms with van der Waals surface area (Å²) in [5, 5.41) is 19.7. The molecule has 0 saturated heterocycles. The van der Waals surface area contributed by atoms with Gasteiger partial charge in [-0.2, -0.15) is 5.10 Å². The van der Waals surface area contributed by atoms with E-state index in [1.165, 1.54) is 6.21 Å². The van der Waals surface area contributed by atoms with Gasteiger partial charge in [0, 0.05) is 0 Å². The van der Waals surface area contributed by atoms with Crippen molar-refractivity contribution in [1.82, 2.24) is 0 Å². The molecule has 0 saturated carbocycles. The highest BCUT2D eigenvalue weighted by Gasteiger charge is 2.02. The number of rotatable bonds is 4. The Labute approximate surface area is 114 Å². The van der Waals surface area contributed by atoms with Gasteiger partial charge in [0.05, 0.1) is 20.4 Å². The van der Waals surface area contributed by atoms with Gasteiger partial charge in [0.2, 0.25) is 5.96 Å². The van der Waals surface area contributed by atoms with E-state index >= 15 is 0 Å². The van der Waals surface area contributed by atoms with Gasteiger partial charge >= 0.3 is 5.09 Å². The minimum absolute atomic E-state index is 0.0864. The van der Waals surface area contributed by atoms with Crippen LogP contribution in [0.4, 0.5) is 0 Å². The van der Waals surface area contributed by atoms with Crippen molar-refractivity contribution in [2.24, 2.45) is 21.7 Å². The number of hydrogen-bond acceptors (Lipinski definition) is 5. The second-order valence-corrected chi connectivity index (χ2v) is 3.14. The first-order valence-corrected chi connectivity index (χ1v) is 5.09. The van der Waals surface area contributed by atoms with Crippen molar-refractivity contribution < 1.29 is 25.0 Å². The van der Waals surface area contributed by atoms with Gasteiger partial charge in [-0.1, -0.05) is 0 Å². The Bertz CT molecular complexity index is 495. The molecular weight excluding hydrogens is 270 g/mol. The summed E-state index contributed by atoms with van der Waals surface area (Å²) in [5.74, 6) is 1.19. The molecule has 0 fully saturated rings. The Hall–Kier alpha value is -3.04. The number of methoxy groups -OCH3 is 2. The number of nitrogens with zero attached hydrogens (tertiary/aromatic N) is 3. The van der Waals surface area contributed by atoms with Crippen LogP contribution in [-0.4, -0.2) is 41.9 Å². The zero-order valence-corrected chi connectivity index (χ0v) is 10.9. The average Bonchev–Trinajstić information content (AvgIpc) is 2.37. The Morgan fingerprint density at radius 1 is 1.25 bits per heavy atom. The summed E-state index contributed by atoms with van der Waals surface area (Å²) < 4.78 is 10.2. The maximum atomic E-state index is 8.47. The summed E-state index contributed by atoms with van der Waals surface area (Å²) in [7, 11) is 3.14. The highest BCUT2D eigenvalue weighted by molar-refractivity contribution is 5.82. The lowest BCUT2D eigenvalue weighted by Gasteiger charge is -2.06. The first-order chi connectivity index (χ1) is 9.40. The molecule has 0 aliphatic carbocycles. The van der Waals surface area contributed by atoms with Gasteiger partial charge in [0.1, 0.15) is 4.91 Å². The smallest absolute Gasteiger partial charge is 0.472 e. The molecule has 0 amide bonds. The fourth-order valence-electron chi connectivity index (χ4n) is 1.10. The van der Waals surface area contributed by atoms with Crippen molar-refractivity contribution in [3.05, 3.63) is 28.7 Å². The second-order valence-electron chi connectivity index (χ2n) is 3.14. The molecular formula is C10H16N5O5+. The third-order valence-electron chi connectivity index (χ3n) is 1.79. The third-order valence-corrected chi connectivity index (χ3v) is 1.79. The van der Waals surface area contributed by atoms with E-state index in [1.807, 2.05) is 6.07 Å². The molecule has 1 aromatic rings. The van der Waals surface area contributed by atoms with Gasteiger partial charge in [-0.05, 0) is 23.8 Å². The maximum Gasteiger partial charge on any atom is 0.472 e. The summed E-state index contributed by atoms with van der Waals surface area (Å²) >= 11 is 0. The summed E-state index contributed by atoms with van der Waals surface area (Å²) in [6, 6.07) is 5.35. The lowest BCUT2D eigenvalue weighted by Crippen LogP contribution is -2.21. The van der Waals surface area contributed by atoms with Crippen LogP contribution in [0.2, 0.25) is 0 Å². The van der Waals surface area contributed by atoms with E-state index in [9.17, 15) is 0 Å². The van der Waals surface area contributed by atoms with E-state index in [0.29, 0.717) is 11.5 Å². The number of ether oxygens (including phenoxy) is 2. The minimum atomic E-state index is -1.25. The van der Waals surface area contributed by atoms with Crippen LogP contribution in [0.25, 0.3) is 0 Å². The van der Waals surface area contributed by atoms with Gasteiger partial charge < -0.3 is 20.9 Å². The van der Waals surface area contributed by atoms with Gasteiger partial charge in [-0.3, -0.25) is 0 Å². The summed E-state index contributed by atoms with van der Waals surface area (Å²) in [4.78, 5) is 8.47. The van der Waals surface area contributed by atoms with Crippen LogP contribution in [0.1, 0.15) is 5.56 Å². The molecule has 0 atom stereocenters. The zero-order valence-electron chi connectivity index (χ0n) is 10.9. The molecule has 0 aromatic heterocycles. The quantitative estimate of drug-likeness (QED) is 0.340. The standard InChI is InChI=1S/C10H14N4O2.H2NO3/c1-15-8-4-3-7(5-9(8)16-2)6-13-14-10(11)12;2-1(3)4/h3-6H,1-2H3,(H4,11,12,14);(H2,2,3,4)/q;+1/b13-6+;. The fraction of sp³-hybridized carbons (Fsp3) is 0.200. The van der Waals surface area contributed by atoms with Gasteiger partial charge in [0.25, 0.3) is 0 Å². The Balaban J connectivity index is 0.000000796. The molecule has 1 rings (SSSR count). The van der Waals surface area contributed by atoms with Gasteiger partial charge in [-0.25, -0.2) is 10.4 Å². The van der Waals surface area contributed by atoms with Crippen LogP contribution in [0, 0.1) is 4.91 Å². The predicted molar refractivity (Wildman–Crippen MR) is 70.2 cm³/mol. The largest absolute Gasteiger partial charge is 0.493 e. The average molecular weight is 286 g/mol. The van der Waals surface area contributed by atoms with E-state index in [4.69, 9.17) is 36.3 Å².